The molecule has 4 nitrogen and oxygen atoms in total. The Morgan fingerprint density at radius 1 is 1.37 bits per heavy atom. The molecule has 0 radical (unpaired) electrons. The topological polar surface area (TPSA) is 80.4 Å². The number of aryl methyl sites for hydroxylation is 1. The maximum absolute atomic E-state index is 11.1. The van der Waals surface area contributed by atoms with Crippen molar-refractivity contribution in [2.75, 3.05) is 0 Å². The molecule has 1 rings (SSSR count). The van der Waals surface area contributed by atoms with Crippen molar-refractivity contribution in [3.05, 3.63) is 40.5 Å². The van der Waals surface area contributed by atoms with Crippen LogP contribution in [0.25, 0.3) is 6.08 Å². The molecule has 0 aliphatic rings. The summed E-state index contributed by atoms with van der Waals surface area (Å²) in [5.41, 5.74) is 7.72. The van der Waals surface area contributed by atoms with Gasteiger partial charge in [0, 0.05) is 5.57 Å². The number of nitrogens with two attached hydrogens (primary N) is 1. The average molecular weight is 261 g/mol. The van der Waals surface area contributed by atoms with Gasteiger partial charge in [0.25, 0.3) is 0 Å². The van der Waals surface area contributed by atoms with E-state index in [1.54, 1.807) is 25.1 Å². The Kier molecular flexibility index (Phi) is 5.30. The van der Waals surface area contributed by atoms with Crippen molar-refractivity contribution in [2.24, 2.45) is 5.73 Å². The van der Waals surface area contributed by atoms with Gasteiger partial charge in [0.15, 0.2) is 0 Å². The lowest BCUT2D eigenvalue weighted by molar-refractivity contribution is -0.114. The van der Waals surface area contributed by atoms with E-state index in [4.69, 9.17) is 10.8 Å². The standard InChI is InChI=1S/C15H19NO3/c1-3-4-5-11-9-13(15(18)19)7-6-12(11)8-10(2)14(16)17/h6-9H,3-5H2,1-2H3,(H2,16,17)(H,18,19). The van der Waals surface area contributed by atoms with E-state index in [9.17, 15) is 9.59 Å². The van der Waals surface area contributed by atoms with Crippen LogP contribution in [-0.4, -0.2) is 17.0 Å². The van der Waals surface area contributed by atoms with Gasteiger partial charge in [0.05, 0.1) is 5.56 Å². The van der Waals surface area contributed by atoms with Gasteiger partial charge in [-0.05, 0) is 49.1 Å². The van der Waals surface area contributed by atoms with E-state index < -0.39 is 11.9 Å². The highest BCUT2D eigenvalue weighted by molar-refractivity contribution is 5.96. The SMILES string of the molecule is CCCCc1cc(C(=O)O)ccc1C=C(C)C(N)=O. The Balaban J connectivity index is 3.18. The van der Waals surface area contributed by atoms with Gasteiger partial charge in [0.2, 0.25) is 5.91 Å². The molecule has 1 aromatic rings. The maximum Gasteiger partial charge on any atom is 0.335 e. The van der Waals surface area contributed by atoms with Crippen LogP contribution in [0.5, 0.6) is 0 Å². The Morgan fingerprint density at radius 2 is 2.05 bits per heavy atom. The largest absolute Gasteiger partial charge is 0.478 e. The summed E-state index contributed by atoms with van der Waals surface area (Å²) >= 11 is 0. The van der Waals surface area contributed by atoms with Crippen molar-refractivity contribution in [1.29, 1.82) is 0 Å². The third kappa shape index (κ3) is 4.25. The minimum atomic E-state index is -0.945. The second-order valence-corrected chi connectivity index (χ2v) is 4.51. The molecule has 0 fully saturated rings. The van der Waals surface area contributed by atoms with Crippen LogP contribution in [0.15, 0.2) is 23.8 Å². The van der Waals surface area contributed by atoms with Gasteiger partial charge in [-0.3, -0.25) is 4.79 Å². The van der Waals surface area contributed by atoms with E-state index >= 15 is 0 Å². The maximum atomic E-state index is 11.1. The third-order valence-corrected chi connectivity index (χ3v) is 2.95. The molecule has 0 saturated heterocycles. The lowest BCUT2D eigenvalue weighted by Gasteiger charge is -2.08. The van der Waals surface area contributed by atoms with Gasteiger partial charge >= 0.3 is 5.97 Å². The smallest absolute Gasteiger partial charge is 0.335 e. The fourth-order valence-corrected chi connectivity index (χ4v) is 1.77. The minimum Gasteiger partial charge on any atom is -0.478 e. The van der Waals surface area contributed by atoms with Crippen LogP contribution in [0, 0.1) is 0 Å². The first-order valence-electron chi connectivity index (χ1n) is 6.30. The zero-order valence-corrected chi connectivity index (χ0v) is 11.3. The molecule has 0 bridgehead atoms. The van der Waals surface area contributed by atoms with Gasteiger partial charge in [-0.1, -0.05) is 19.4 Å². The number of carbonyl (C=O) groups is 2. The number of aromatic carboxylic acids is 1. The van der Waals surface area contributed by atoms with Gasteiger partial charge in [-0.15, -0.1) is 0 Å². The van der Waals surface area contributed by atoms with Crippen LogP contribution in [-0.2, 0) is 11.2 Å². The minimum absolute atomic E-state index is 0.264. The Hall–Kier alpha value is -2.10. The van der Waals surface area contributed by atoms with Crippen molar-refractivity contribution in [3.63, 3.8) is 0 Å². The summed E-state index contributed by atoms with van der Waals surface area (Å²) in [6.45, 7) is 3.72. The van der Waals surface area contributed by atoms with E-state index in [0.29, 0.717) is 5.57 Å². The molecule has 0 heterocycles. The first-order chi connectivity index (χ1) is 8.95. The van der Waals surface area contributed by atoms with Crippen LogP contribution < -0.4 is 5.73 Å². The Bertz CT molecular complexity index is 518. The highest BCUT2D eigenvalue weighted by Crippen LogP contribution is 2.18. The molecule has 1 aromatic carbocycles. The summed E-state index contributed by atoms with van der Waals surface area (Å²) in [6.07, 6.45) is 4.49. The molecule has 4 heteroatoms. The van der Waals surface area contributed by atoms with Crippen molar-refractivity contribution in [2.45, 2.75) is 33.1 Å². The number of carbonyl (C=O) groups excluding carboxylic acids is 1. The van der Waals surface area contributed by atoms with E-state index in [1.165, 1.54) is 6.07 Å². The van der Waals surface area contributed by atoms with Crippen LogP contribution in [0.2, 0.25) is 0 Å². The second-order valence-electron chi connectivity index (χ2n) is 4.51. The van der Waals surface area contributed by atoms with E-state index in [1.807, 2.05) is 0 Å². The quantitative estimate of drug-likeness (QED) is 0.772. The molecule has 1 amide bonds. The molecule has 0 atom stereocenters. The molecule has 0 aromatic heterocycles. The Labute approximate surface area is 112 Å². The molecular weight excluding hydrogens is 242 g/mol. The third-order valence-electron chi connectivity index (χ3n) is 2.95. The van der Waals surface area contributed by atoms with Crippen molar-refractivity contribution in [1.82, 2.24) is 0 Å². The first-order valence-corrected chi connectivity index (χ1v) is 6.30. The number of amides is 1. The predicted octanol–water partition coefficient (Wildman–Crippen LogP) is 2.62. The highest BCUT2D eigenvalue weighted by atomic mass is 16.4. The summed E-state index contributed by atoms with van der Waals surface area (Å²) in [5.74, 6) is -1.41. The molecular formula is C15H19NO3. The molecule has 0 unspecified atom stereocenters. The summed E-state index contributed by atoms with van der Waals surface area (Å²) in [4.78, 5) is 22.0. The van der Waals surface area contributed by atoms with Crippen LogP contribution >= 0.6 is 0 Å². The van der Waals surface area contributed by atoms with Gasteiger partial charge in [-0.25, -0.2) is 4.79 Å². The summed E-state index contributed by atoms with van der Waals surface area (Å²) in [7, 11) is 0. The van der Waals surface area contributed by atoms with Crippen molar-refractivity contribution in [3.8, 4) is 0 Å². The fourth-order valence-electron chi connectivity index (χ4n) is 1.77. The molecule has 0 aliphatic carbocycles. The highest BCUT2D eigenvalue weighted by Gasteiger charge is 2.08. The zero-order chi connectivity index (χ0) is 14.4. The van der Waals surface area contributed by atoms with E-state index in [2.05, 4.69) is 6.92 Å². The molecule has 0 spiro atoms. The lowest BCUT2D eigenvalue weighted by Crippen LogP contribution is -2.11. The number of carboxylic acids is 1. The van der Waals surface area contributed by atoms with Gasteiger partial charge in [0.1, 0.15) is 0 Å². The van der Waals surface area contributed by atoms with E-state index in [-0.39, 0.29) is 5.56 Å². The summed E-state index contributed by atoms with van der Waals surface area (Å²) in [6, 6.07) is 4.93. The molecule has 0 saturated carbocycles. The van der Waals surface area contributed by atoms with E-state index in [0.717, 1.165) is 30.4 Å². The fraction of sp³-hybridized carbons (Fsp3) is 0.333. The van der Waals surface area contributed by atoms with Crippen LogP contribution in [0.1, 0.15) is 48.2 Å². The monoisotopic (exact) mass is 261 g/mol. The number of hydrogen-bond donors (Lipinski definition) is 2. The van der Waals surface area contributed by atoms with Crippen molar-refractivity contribution < 1.29 is 14.7 Å². The van der Waals surface area contributed by atoms with Crippen LogP contribution in [0.3, 0.4) is 0 Å². The Morgan fingerprint density at radius 3 is 2.58 bits per heavy atom. The van der Waals surface area contributed by atoms with Crippen LogP contribution in [0.4, 0.5) is 0 Å². The lowest BCUT2D eigenvalue weighted by atomic mass is 9.97. The average Bonchev–Trinajstić information content (AvgIpc) is 2.37. The predicted molar refractivity (Wildman–Crippen MR) is 74.9 cm³/mol. The molecule has 102 valence electrons. The second kappa shape index (κ2) is 6.73. The van der Waals surface area contributed by atoms with Gasteiger partial charge in [-0.2, -0.15) is 0 Å². The number of carboxylic acid groups (broad SMARTS) is 1. The number of benzene rings is 1. The molecule has 19 heavy (non-hydrogen) atoms. The summed E-state index contributed by atoms with van der Waals surface area (Å²) in [5, 5.41) is 9.01. The first kappa shape index (κ1) is 15.0. The summed E-state index contributed by atoms with van der Waals surface area (Å²) < 4.78 is 0. The number of primary amides is 1. The number of hydrogen-bond acceptors (Lipinski definition) is 2. The zero-order valence-electron chi connectivity index (χ0n) is 11.3. The number of unbranched alkanes of at least 4 members (excludes halogenated alkanes) is 1. The number of rotatable bonds is 6. The van der Waals surface area contributed by atoms with Gasteiger partial charge < -0.3 is 10.8 Å². The molecule has 3 N–H and O–H groups in total. The van der Waals surface area contributed by atoms with Crippen molar-refractivity contribution >= 4 is 18.0 Å². The normalized spacial score (nSPS) is 11.4. The molecule has 0 aliphatic heterocycles.